The van der Waals surface area contributed by atoms with E-state index in [1.807, 2.05) is 6.92 Å². The summed E-state index contributed by atoms with van der Waals surface area (Å²) >= 11 is 0. The van der Waals surface area contributed by atoms with Crippen molar-refractivity contribution in [2.45, 2.75) is 76.3 Å². The molecule has 0 radical (unpaired) electrons. The van der Waals surface area contributed by atoms with Crippen LogP contribution in [0.3, 0.4) is 0 Å². The molecule has 198 valence electrons. The summed E-state index contributed by atoms with van der Waals surface area (Å²) < 4.78 is 27.6. The highest BCUT2D eigenvalue weighted by atomic mass is 32.2. The van der Waals surface area contributed by atoms with Gasteiger partial charge in [0, 0.05) is 18.4 Å². The molecule has 0 spiro atoms. The van der Waals surface area contributed by atoms with Gasteiger partial charge in [0.2, 0.25) is 11.8 Å². The number of amides is 2. The van der Waals surface area contributed by atoms with Gasteiger partial charge in [-0.3, -0.25) is 13.9 Å². The number of sulfonamides is 1. The van der Waals surface area contributed by atoms with E-state index >= 15 is 0 Å². The largest absolute Gasteiger partial charge is 0.353 e. The molecule has 1 aromatic rings. The molecule has 36 heavy (non-hydrogen) atoms. The topological polar surface area (TPSA) is 98.8 Å². The molecule has 0 aromatic heterocycles. The fraction of sp³-hybridized carbons (Fsp3) is 0.630. The second-order valence-electron chi connectivity index (χ2n) is 11.5. The van der Waals surface area contributed by atoms with E-state index in [0.29, 0.717) is 5.92 Å². The first kappa shape index (κ1) is 26.7. The summed E-state index contributed by atoms with van der Waals surface area (Å²) in [5.74, 6) is 0.612. The van der Waals surface area contributed by atoms with Gasteiger partial charge in [-0.15, -0.1) is 0 Å². The molecular weight excluding hydrogens is 476 g/mol. The summed E-state index contributed by atoms with van der Waals surface area (Å²) in [5.41, 5.74) is 0.870. The zero-order valence-electron chi connectivity index (χ0n) is 21.9. The van der Waals surface area contributed by atoms with Gasteiger partial charge in [0.15, 0.2) is 0 Å². The van der Waals surface area contributed by atoms with Crippen LogP contribution in [0.4, 0.5) is 0 Å². The minimum Gasteiger partial charge on any atom is -0.353 e. The predicted octanol–water partition coefficient (Wildman–Crippen LogP) is 3.00. The number of nitrogens with zero attached hydrogens (tertiary/aromatic N) is 2. The van der Waals surface area contributed by atoms with Gasteiger partial charge in [-0.1, -0.05) is 31.5 Å². The van der Waals surface area contributed by atoms with Crippen LogP contribution in [0.5, 0.6) is 0 Å². The number of benzene rings is 1. The summed E-state index contributed by atoms with van der Waals surface area (Å²) in [6, 6.07) is 5.33. The van der Waals surface area contributed by atoms with Crippen molar-refractivity contribution in [1.29, 1.82) is 0 Å². The lowest BCUT2D eigenvalue weighted by molar-refractivity contribution is -0.130. The van der Waals surface area contributed by atoms with Crippen LogP contribution in [0.25, 0.3) is 0 Å². The predicted molar refractivity (Wildman–Crippen MR) is 139 cm³/mol. The zero-order valence-corrected chi connectivity index (χ0v) is 22.7. The van der Waals surface area contributed by atoms with Crippen molar-refractivity contribution in [3.05, 3.63) is 42.2 Å². The molecule has 2 heterocycles. The molecule has 3 aliphatic rings. The third kappa shape index (κ3) is 5.78. The second-order valence-corrected chi connectivity index (χ2v) is 13.3. The first-order valence-corrected chi connectivity index (χ1v) is 14.5. The van der Waals surface area contributed by atoms with Crippen LogP contribution >= 0.6 is 0 Å². The fourth-order valence-corrected chi connectivity index (χ4v) is 7.51. The van der Waals surface area contributed by atoms with Crippen LogP contribution in [-0.2, 0) is 19.6 Å². The van der Waals surface area contributed by atoms with Crippen molar-refractivity contribution in [2.24, 2.45) is 17.3 Å². The van der Waals surface area contributed by atoms with Crippen LogP contribution in [0.2, 0.25) is 0 Å². The maximum absolute atomic E-state index is 13.3. The van der Waals surface area contributed by atoms with Crippen molar-refractivity contribution in [3.63, 3.8) is 0 Å². The van der Waals surface area contributed by atoms with E-state index in [-0.39, 0.29) is 28.7 Å². The number of carbonyl (C=O) groups excluding carboxylic acids is 2. The van der Waals surface area contributed by atoms with E-state index in [1.165, 1.54) is 37.4 Å². The lowest BCUT2D eigenvalue weighted by atomic mass is 9.64. The van der Waals surface area contributed by atoms with Gasteiger partial charge in [-0.2, -0.15) is 0 Å². The van der Waals surface area contributed by atoms with Crippen molar-refractivity contribution >= 4 is 21.8 Å². The highest BCUT2D eigenvalue weighted by molar-refractivity contribution is 7.89. The molecular formula is C27H40N4O4S. The number of aryl methyl sites for hydroxylation is 1. The number of carbonyl (C=O) groups is 2. The summed E-state index contributed by atoms with van der Waals surface area (Å²) in [5, 5.41) is 5.71. The molecule has 1 saturated carbocycles. The SMILES string of the molecule is Cc1ccc(S(=O)(=O)N2C=CNC(=O)[C@H]2CC(=O)NC2CCC(C3CCN(C)CC3)CC2(C)C)cc1. The van der Waals surface area contributed by atoms with E-state index in [1.54, 1.807) is 12.1 Å². The summed E-state index contributed by atoms with van der Waals surface area (Å²) in [6.45, 7) is 8.61. The lowest BCUT2D eigenvalue weighted by Gasteiger charge is -2.46. The van der Waals surface area contributed by atoms with Gasteiger partial charge in [0.25, 0.3) is 10.0 Å². The number of nitrogens with one attached hydrogen (secondary N) is 2. The fourth-order valence-electron chi connectivity index (χ4n) is 6.06. The Kier molecular flexibility index (Phi) is 7.80. The van der Waals surface area contributed by atoms with Gasteiger partial charge >= 0.3 is 0 Å². The standard InChI is InChI=1S/C27H40N4O4S/c1-19-5-8-22(9-6-19)36(34,35)31-16-13-28-26(33)23(31)17-25(32)29-24-10-7-21(18-27(24,2)3)20-11-14-30(4)15-12-20/h5-6,8-9,13,16,20-21,23-24H,7,10-12,14-15,17-18H2,1-4H3,(H,28,33)(H,29,32)/t21?,23-,24?/m1/s1. The number of likely N-dealkylation sites (tertiary alicyclic amines) is 1. The van der Waals surface area contributed by atoms with Crippen molar-refractivity contribution in [1.82, 2.24) is 19.8 Å². The first-order chi connectivity index (χ1) is 17.0. The number of rotatable bonds is 6. The van der Waals surface area contributed by atoms with E-state index in [9.17, 15) is 18.0 Å². The molecule has 2 aliphatic heterocycles. The molecule has 0 bridgehead atoms. The van der Waals surface area contributed by atoms with Crippen molar-refractivity contribution < 1.29 is 18.0 Å². The Labute approximate surface area is 215 Å². The van der Waals surface area contributed by atoms with Crippen LogP contribution in [0.1, 0.15) is 57.9 Å². The highest BCUT2D eigenvalue weighted by Crippen LogP contribution is 2.44. The molecule has 2 amide bonds. The van der Waals surface area contributed by atoms with Gasteiger partial charge in [-0.05, 0) is 88.5 Å². The first-order valence-electron chi connectivity index (χ1n) is 13.0. The average Bonchev–Trinajstić information content (AvgIpc) is 2.82. The second kappa shape index (κ2) is 10.5. The summed E-state index contributed by atoms with van der Waals surface area (Å²) in [4.78, 5) is 28.3. The maximum Gasteiger partial charge on any atom is 0.264 e. The van der Waals surface area contributed by atoms with E-state index in [4.69, 9.17) is 0 Å². The van der Waals surface area contributed by atoms with Crippen LogP contribution in [-0.4, -0.2) is 61.7 Å². The van der Waals surface area contributed by atoms with Crippen LogP contribution in [0, 0.1) is 24.2 Å². The van der Waals surface area contributed by atoms with Gasteiger partial charge in [0.1, 0.15) is 6.04 Å². The molecule has 1 saturated heterocycles. The van der Waals surface area contributed by atoms with E-state index in [0.717, 1.165) is 48.1 Å². The molecule has 3 atom stereocenters. The zero-order chi connectivity index (χ0) is 26.1. The molecule has 9 heteroatoms. The molecule has 4 rings (SSSR count). The van der Waals surface area contributed by atoms with Gasteiger partial charge < -0.3 is 15.5 Å². The van der Waals surface area contributed by atoms with E-state index < -0.39 is 22.0 Å². The molecule has 1 aliphatic carbocycles. The number of hydrogen-bond donors (Lipinski definition) is 2. The third-order valence-electron chi connectivity index (χ3n) is 8.35. The monoisotopic (exact) mass is 516 g/mol. The third-order valence-corrected chi connectivity index (χ3v) is 10.2. The Morgan fingerprint density at radius 2 is 1.75 bits per heavy atom. The number of hydrogen-bond acceptors (Lipinski definition) is 5. The Morgan fingerprint density at radius 3 is 2.39 bits per heavy atom. The average molecular weight is 517 g/mol. The van der Waals surface area contributed by atoms with E-state index in [2.05, 4.69) is 36.4 Å². The number of piperidine rings is 1. The molecule has 2 N–H and O–H groups in total. The Morgan fingerprint density at radius 1 is 1.08 bits per heavy atom. The molecule has 8 nitrogen and oxygen atoms in total. The Bertz CT molecular complexity index is 1090. The quantitative estimate of drug-likeness (QED) is 0.606. The highest BCUT2D eigenvalue weighted by Gasteiger charge is 2.42. The van der Waals surface area contributed by atoms with Gasteiger partial charge in [-0.25, -0.2) is 8.42 Å². The normalized spacial score (nSPS) is 27.5. The minimum atomic E-state index is -3.98. The minimum absolute atomic E-state index is 0.00290. The Hall–Kier alpha value is -2.39. The van der Waals surface area contributed by atoms with Crippen LogP contribution < -0.4 is 10.6 Å². The Balaban J connectivity index is 1.41. The van der Waals surface area contributed by atoms with Gasteiger partial charge in [0.05, 0.1) is 11.3 Å². The summed E-state index contributed by atoms with van der Waals surface area (Å²) in [6.07, 6.45) is 7.93. The van der Waals surface area contributed by atoms with Crippen molar-refractivity contribution in [3.8, 4) is 0 Å². The van der Waals surface area contributed by atoms with Crippen LogP contribution in [0.15, 0.2) is 41.6 Å². The molecule has 2 unspecified atom stereocenters. The molecule has 2 fully saturated rings. The molecule has 1 aromatic carbocycles. The summed E-state index contributed by atoms with van der Waals surface area (Å²) in [7, 11) is -1.80. The smallest absolute Gasteiger partial charge is 0.264 e. The lowest BCUT2D eigenvalue weighted by Crippen LogP contribution is -2.54. The van der Waals surface area contributed by atoms with Crippen molar-refractivity contribution in [2.75, 3.05) is 20.1 Å². The maximum atomic E-state index is 13.3.